The molecule has 0 aliphatic carbocycles. The van der Waals surface area contributed by atoms with Crippen LogP contribution >= 0.6 is 12.4 Å². The van der Waals surface area contributed by atoms with E-state index in [1.54, 1.807) is 6.92 Å². The van der Waals surface area contributed by atoms with Gasteiger partial charge in [-0.3, -0.25) is 4.79 Å². The fourth-order valence-electron chi connectivity index (χ4n) is 1.17. The Balaban J connectivity index is 0.000000810. The van der Waals surface area contributed by atoms with Crippen molar-refractivity contribution >= 4 is 18.2 Å². The first kappa shape index (κ1) is 9.92. The summed E-state index contributed by atoms with van der Waals surface area (Å²) in [6, 6.07) is 0. The summed E-state index contributed by atoms with van der Waals surface area (Å²) in [5.41, 5.74) is 0.0139. The van der Waals surface area contributed by atoms with Crippen molar-refractivity contribution in [3.8, 4) is 0 Å². The number of Topliss-reactive ketones (excluding diaryl/α,β-unsaturated/α-hetero) is 1. The standard InChI is InChI=1S/C7H13NO.ClH/c1-3-7(6(2)9)4-8-5-7;/h8H,3-5H2,1-2H3;1H. The summed E-state index contributed by atoms with van der Waals surface area (Å²) in [6.07, 6.45) is 0.981. The van der Waals surface area contributed by atoms with Crippen molar-refractivity contribution in [2.45, 2.75) is 20.3 Å². The fraction of sp³-hybridized carbons (Fsp3) is 0.857. The van der Waals surface area contributed by atoms with Crippen LogP contribution in [-0.2, 0) is 4.79 Å². The summed E-state index contributed by atoms with van der Waals surface area (Å²) in [6.45, 7) is 5.53. The molecular formula is C7H14ClNO. The Kier molecular flexibility index (Phi) is 3.33. The first-order valence-corrected chi connectivity index (χ1v) is 3.43. The lowest BCUT2D eigenvalue weighted by Crippen LogP contribution is -2.57. The van der Waals surface area contributed by atoms with Crippen molar-refractivity contribution in [2.75, 3.05) is 13.1 Å². The first-order chi connectivity index (χ1) is 4.21. The zero-order valence-corrected chi connectivity index (χ0v) is 7.25. The van der Waals surface area contributed by atoms with Crippen LogP contribution in [0, 0.1) is 5.41 Å². The maximum atomic E-state index is 10.9. The molecule has 1 saturated heterocycles. The van der Waals surface area contributed by atoms with E-state index in [9.17, 15) is 4.79 Å². The average Bonchev–Trinajstić information content (AvgIpc) is 1.62. The van der Waals surface area contributed by atoms with Crippen LogP contribution < -0.4 is 5.32 Å². The summed E-state index contributed by atoms with van der Waals surface area (Å²) in [4.78, 5) is 10.9. The van der Waals surface area contributed by atoms with Crippen molar-refractivity contribution < 1.29 is 4.79 Å². The number of carbonyl (C=O) groups is 1. The summed E-state index contributed by atoms with van der Waals surface area (Å²) in [5, 5.41) is 3.11. The maximum Gasteiger partial charge on any atom is 0.138 e. The molecule has 0 aromatic carbocycles. The Labute approximate surface area is 67.8 Å². The summed E-state index contributed by atoms with van der Waals surface area (Å²) in [5.74, 6) is 0.337. The van der Waals surface area contributed by atoms with Crippen molar-refractivity contribution in [1.29, 1.82) is 0 Å². The van der Waals surface area contributed by atoms with Crippen LogP contribution in [0.2, 0.25) is 0 Å². The predicted molar refractivity (Wildman–Crippen MR) is 43.5 cm³/mol. The van der Waals surface area contributed by atoms with Gasteiger partial charge in [0.1, 0.15) is 5.78 Å². The normalized spacial score (nSPS) is 20.6. The third-order valence-electron chi connectivity index (χ3n) is 2.35. The van der Waals surface area contributed by atoms with Crippen molar-refractivity contribution in [2.24, 2.45) is 5.41 Å². The van der Waals surface area contributed by atoms with E-state index in [-0.39, 0.29) is 17.8 Å². The molecule has 0 aromatic rings. The predicted octanol–water partition coefficient (Wildman–Crippen LogP) is 0.997. The van der Waals surface area contributed by atoms with E-state index in [1.165, 1.54) is 0 Å². The second-order valence-corrected chi connectivity index (χ2v) is 2.79. The van der Waals surface area contributed by atoms with Gasteiger partial charge in [0.25, 0.3) is 0 Å². The second-order valence-electron chi connectivity index (χ2n) is 2.79. The molecule has 2 nitrogen and oxygen atoms in total. The van der Waals surface area contributed by atoms with Gasteiger partial charge < -0.3 is 5.32 Å². The van der Waals surface area contributed by atoms with Crippen LogP contribution in [0.4, 0.5) is 0 Å². The molecule has 1 heterocycles. The quantitative estimate of drug-likeness (QED) is 0.658. The largest absolute Gasteiger partial charge is 0.315 e. The molecule has 0 aromatic heterocycles. The molecule has 0 unspecified atom stereocenters. The zero-order valence-electron chi connectivity index (χ0n) is 6.44. The number of rotatable bonds is 2. The molecule has 1 aliphatic heterocycles. The van der Waals surface area contributed by atoms with E-state index >= 15 is 0 Å². The van der Waals surface area contributed by atoms with Gasteiger partial charge in [0.05, 0.1) is 5.41 Å². The minimum Gasteiger partial charge on any atom is -0.315 e. The van der Waals surface area contributed by atoms with E-state index in [1.807, 2.05) is 0 Å². The Morgan fingerprint density at radius 1 is 1.60 bits per heavy atom. The van der Waals surface area contributed by atoms with Gasteiger partial charge >= 0.3 is 0 Å². The molecule has 60 valence electrons. The summed E-state index contributed by atoms with van der Waals surface area (Å²) >= 11 is 0. The lowest BCUT2D eigenvalue weighted by molar-refractivity contribution is -0.129. The van der Waals surface area contributed by atoms with Gasteiger partial charge in [-0.05, 0) is 13.3 Å². The van der Waals surface area contributed by atoms with Gasteiger partial charge in [0, 0.05) is 13.1 Å². The molecule has 1 rings (SSSR count). The third-order valence-corrected chi connectivity index (χ3v) is 2.35. The minimum atomic E-state index is 0. The number of nitrogens with one attached hydrogen (secondary N) is 1. The molecule has 3 heteroatoms. The van der Waals surface area contributed by atoms with Crippen LogP contribution in [0.5, 0.6) is 0 Å². The monoisotopic (exact) mass is 163 g/mol. The maximum absolute atomic E-state index is 10.9. The molecule has 1 fully saturated rings. The molecule has 0 spiro atoms. The molecule has 0 atom stereocenters. The van der Waals surface area contributed by atoms with Gasteiger partial charge in [0.2, 0.25) is 0 Å². The molecular weight excluding hydrogens is 150 g/mol. The number of hydrogen-bond acceptors (Lipinski definition) is 2. The van der Waals surface area contributed by atoms with Gasteiger partial charge in [0.15, 0.2) is 0 Å². The van der Waals surface area contributed by atoms with Crippen LogP contribution in [-0.4, -0.2) is 18.9 Å². The van der Waals surface area contributed by atoms with Crippen LogP contribution in [0.3, 0.4) is 0 Å². The fourth-order valence-corrected chi connectivity index (χ4v) is 1.17. The first-order valence-electron chi connectivity index (χ1n) is 3.43. The van der Waals surface area contributed by atoms with Gasteiger partial charge in [-0.15, -0.1) is 12.4 Å². The number of halogens is 1. The zero-order chi connectivity index (χ0) is 6.91. The Hall–Kier alpha value is -0.0800. The van der Waals surface area contributed by atoms with Gasteiger partial charge in [-0.25, -0.2) is 0 Å². The summed E-state index contributed by atoms with van der Waals surface area (Å²) in [7, 11) is 0. The van der Waals surface area contributed by atoms with Crippen molar-refractivity contribution in [1.82, 2.24) is 5.32 Å². The highest BCUT2D eigenvalue weighted by molar-refractivity contribution is 5.85. The van der Waals surface area contributed by atoms with E-state index in [0.29, 0.717) is 5.78 Å². The Morgan fingerprint density at radius 3 is 2.10 bits per heavy atom. The van der Waals surface area contributed by atoms with E-state index in [4.69, 9.17) is 0 Å². The number of carbonyl (C=O) groups excluding carboxylic acids is 1. The molecule has 0 saturated carbocycles. The van der Waals surface area contributed by atoms with Crippen LogP contribution in [0.1, 0.15) is 20.3 Å². The van der Waals surface area contributed by atoms with Gasteiger partial charge in [-0.1, -0.05) is 6.92 Å². The molecule has 1 N–H and O–H groups in total. The third kappa shape index (κ3) is 1.32. The van der Waals surface area contributed by atoms with Crippen molar-refractivity contribution in [3.05, 3.63) is 0 Å². The molecule has 1 aliphatic rings. The Morgan fingerprint density at radius 2 is 2.10 bits per heavy atom. The molecule has 0 radical (unpaired) electrons. The van der Waals surface area contributed by atoms with Crippen molar-refractivity contribution in [3.63, 3.8) is 0 Å². The molecule has 0 bridgehead atoms. The van der Waals surface area contributed by atoms with Crippen LogP contribution in [0.15, 0.2) is 0 Å². The highest BCUT2D eigenvalue weighted by atomic mass is 35.5. The lowest BCUT2D eigenvalue weighted by Gasteiger charge is -2.39. The topological polar surface area (TPSA) is 29.1 Å². The molecule has 0 amide bonds. The average molecular weight is 164 g/mol. The molecule has 10 heavy (non-hydrogen) atoms. The number of ketones is 1. The number of hydrogen-bond donors (Lipinski definition) is 1. The minimum absolute atomic E-state index is 0. The van der Waals surface area contributed by atoms with Crippen LogP contribution in [0.25, 0.3) is 0 Å². The van der Waals surface area contributed by atoms with E-state index < -0.39 is 0 Å². The highest BCUT2D eigenvalue weighted by Crippen LogP contribution is 2.27. The SMILES string of the molecule is CCC1(C(C)=O)CNC1.Cl. The summed E-state index contributed by atoms with van der Waals surface area (Å²) < 4.78 is 0. The Bertz CT molecular complexity index is 126. The smallest absolute Gasteiger partial charge is 0.138 e. The van der Waals surface area contributed by atoms with E-state index in [2.05, 4.69) is 12.2 Å². The van der Waals surface area contributed by atoms with E-state index in [0.717, 1.165) is 19.5 Å². The highest BCUT2D eigenvalue weighted by Gasteiger charge is 2.39. The lowest BCUT2D eigenvalue weighted by atomic mass is 9.76. The van der Waals surface area contributed by atoms with Gasteiger partial charge in [-0.2, -0.15) is 0 Å². The second kappa shape index (κ2) is 3.35.